The summed E-state index contributed by atoms with van der Waals surface area (Å²) < 4.78 is 13.6. The molecule has 0 bridgehead atoms. The normalized spacial score (nSPS) is 16.9. The Morgan fingerprint density at radius 2 is 2.11 bits per heavy atom. The molecule has 0 aliphatic heterocycles. The molecule has 1 aromatic rings. The summed E-state index contributed by atoms with van der Waals surface area (Å²) in [5.74, 6) is 0.213. The first-order valence-electron chi connectivity index (χ1n) is 9.51. The highest BCUT2D eigenvalue weighted by Crippen LogP contribution is 2.34. The highest BCUT2D eigenvalue weighted by molar-refractivity contribution is 6.30. The summed E-state index contributed by atoms with van der Waals surface area (Å²) in [7, 11) is 0. The molecule has 0 radical (unpaired) electrons. The van der Waals surface area contributed by atoms with Crippen LogP contribution < -0.4 is 0 Å². The molecule has 1 aromatic carbocycles. The fourth-order valence-electron chi connectivity index (χ4n) is 3.11. The SMILES string of the molecule is CCC(C)C/C=C\C(C1=CC(C#N)=C(C)CC1)=C(/C)c1ccc(F)c(Cl)c1. The van der Waals surface area contributed by atoms with Gasteiger partial charge in [0.15, 0.2) is 0 Å². The third-order valence-corrected chi connectivity index (χ3v) is 5.58. The van der Waals surface area contributed by atoms with Crippen LogP contribution in [0.2, 0.25) is 5.02 Å². The molecule has 1 nitrogen and oxygen atoms in total. The van der Waals surface area contributed by atoms with E-state index < -0.39 is 5.82 Å². The maximum atomic E-state index is 13.6. The molecular formula is C24H27ClFN. The van der Waals surface area contributed by atoms with Crippen LogP contribution in [0.1, 0.15) is 58.9 Å². The molecule has 3 heteroatoms. The number of halogens is 2. The average molecular weight is 384 g/mol. The lowest BCUT2D eigenvalue weighted by Crippen LogP contribution is -2.00. The second-order valence-electron chi connectivity index (χ2n) is 7.29. The zero-order valence-electron chi connectivity index (χ0n) is 16.6. The minimum atomic E-state index is -0.413. The standard InChI is InChI=1S/C24H27ClFN/c1-5-16(2)7-6-8-22(20-10-9-17(3)21(13-20)15-27)18(4)19-11-12-24(26)23(25)14-19/h6,8,11-14,16H,5,7,9-10H2,1-4H3/b8-6-,22-18-. The van der Waals surface area contributed by atoms with Crippen molar-refractivity contribution in [3.63, 3.8) is 0 Å². The van der Waals surface area contributed by atoms with Crippen molar-refractivity contribution >= 4 is 17.2 Å². The van der Waals surface area contributed by atoms with E-state index in [0.717, 1.165) is 59.1 Å². The molecule has 0 fully saturated rings. The maximum Gasteiger partial charge on any atom is 0.141 e. The first-order valence-corrected chi connectivity index (χ1v) is 9.88. The second-order valence-corrected chi connectivity index (χ2v) is 7.70. The highest BCUT2D eigenvalue weighted by Gasteiger charge is 2.15. The molecule has 0 heterocycles. The lowest BCUT2D eigenvalue weighted by atomic mass is 9.86. The lowest BCUT2D eigenvalue weighted by molar-refractivity contribution is 0.572. The molecule has 1 aliphatic carbocycles. The van der Waals surface area contributed by atoms with E-state index in [-0.39, 0.29) is 5.02 Å². The largest absolute Gasteiger partial charge is 0.205 e. The Kier molecular flexibility index (Phi) is 7.63. The van der Waals surface area contributed by atoms with Gasteiger partial charge in [0.05, 0.1) is 16.7 Å². The maximum absolute atomic E-state index is 13.6. The number of allylic oxidation sites excluding steroid dienone is 8. The Morgan fingerprint density at radius 3 is 2.74 bits per heavy atom. The second kappa shape index (κ2) is 9.72. The van der Waals surface area contributed by atoms with Crippen LogP contribution in [0.5, 0.6) is 0 Å². The monoisotopic (exact) mass is 383 g/mol. The van der Waals surface area contributed by atoms with Gasteiger partial charge in [-0.2, -0.15) is 5.26 Å². The van der Waals surface area contributed by atoms with Crippen LogP contribution >= 0.6 is 11.6 Å². The number of hydrogen-bond acceptors (Lipinski definition) is 1. The summed E-state index contributed by atoms with van der Waals surface area (Å²) in [6, 6.07) is 7.14. The number of rotatable bonds is 6. The molecule has 142 valence electrons. The number of nitrogens with zero attached hydrogens (tertiary/aromatic N) is 1. The van der Waals surface area contributed by atoms with Gasteiger partial charge in [-0.05, 0) is 79.5 Å². The first kappa shape index (κ1) is 21.2. The Hall–Kier alpha value is -2.11. The van der Waals surface area contributed by atoms with E-state index in [0.29, 0.717) is 5.92 Å². The zero-order chi connectivity index (χ0) is 20.0. The van der Waals surface area contributed by atoms with Crippen LogP contribution in [0.4, 0.5) is 4.39 Å². The van der Waals surface area contributed by atoms with Crippen molar-refractivity contribution in [2.45, 2.75) is 53.4 Å². The fourth-order valence-corrected chi connectivity index (χ4v) is 3.29. The van der Waals surface area contributed by atoms with Crippen molar-refractivity contribution in [2.24, 2.45) is 5.92 Å². The molecule has 0 amide bonds. The molecule has 0 saturated heterocycles. The van der Waals surface area contributed by atoms with Gasteiger partial charge in [-0.3, -0.25) is 0 Å². The third-order valence-electron chi connectivity index (χ3n) is 5.29. The van der Waals surface area contributed by atoms with Gasteiger partial charge in [0.2, 0.25) is 0 Å². The third kappa shape index (κ3) is 5.44. The van der Waals surface area contributed by atoms with Crippen LogP contribution in [0.15, 0.2) is 58.7 Å². The smallest absolute Gasteiger partial charge is 0.141 e. The van der Waals surface area contributed by atoms with Crippen molar-refractivity contribution in [3.05, 3.63) is 75.1 Å². The van der Waals surface area contributed by atoms with Crippen LogP contribution in [0.3, 0.4) is 0 Å². The minimum absolute atomic E-state index is 0.126. The number of nitriles is 1. The van der Waals surface area contributed by atoms with E-state index in [1.54, 1.807) is 12.1 Å². The number of benzene rings is 1. The van der Waals surface area contributed by atoms with E-state index in [9.17, 15) is 9.65 Å². The van der Waals surface area contributed by atoms with Gasteiger partial charge in [-0.15, -0.1) is 0 Å². The molecule has 0 saturated carbocycles. The van der Waals surface area contributed by atoms with Crippen LogP contribution in [-0.4, -0.2) is 0 Å². The molecule has 0 spiro atoms. The summed E-state index contributed by atoms with van der Waals surface area (Å²) >= 11 is 6.00. The molecule has 27 heavy (non-hydrogen) atoms. The highest BCUT2D eigenvalue weighted by atomic mass is 35.5. The molecular weight excluding hydrogens is 357 g/mol. The van der Waals surface area contributed by atoms with Crippen molar-refractivity contribution in [1.82, 2.24) is 0 Å². The summed E-state index contributed by atoms with van der Waals surface area (Å²) in [6.45, 7) is 8.47. The first-order chi connectivity index (χ1) is 12.9. The van der Waals surface area contributed by atoms with E-state index in [4.69, 9.17) is 11.6 Å². The van der Waals surface area contributed by atoms with Gasteiger partial charge in [-0.25, -0.2) is 4.39 Å². The number of hydrogen-bond donors (Lipinski definition) is 0. The van der Waals surface area contributed by atoms with E-state index in [1.165, 1.54) is 6.07 Å². The fraction of sp³-hybridized carbons (Fsp3) is 0.375. The van der Waals surface area contributed by atoms with Crippen molar-refractivity contribution < 1.29 is 4.39 Å². The van der Waals surface area contributed by atoms with Gasteiger partial charge in [0, 0.05) is 0 Å². The molecule has 0 N–H and O–H groups in total. The van der Waals surface area contributed by atoms with Crippen molar-refractivity contribution in [1.29, 1.82) is 5.26 Å². The van der Waals surface area contributed by atoms with Crippen LogP contribution in [0.25, 0.3) is 5.57 Å². The predicted octanol–water partition coefficient (Wildman–Crippen LogP) is 7.81. The Labute approximate surface area is 167 Å². The molecule has 0 aromatic heterocycles. The molecule has 1 unspecified atom stereocenters. The van der Waals surface area contributed by atoms with Gasteiger partial charge >= 0.3 is 0 Å². The summed E-state index contributed by atoms with van der Waals surface area (Å²) in [5.41, 5.74) is 6.06. The average Bonchev–Trinajstić information content (AvgIpc) is 2.67. The van der Waals surface area contributed by atoms with Crippen LogP contribution in [0, 0.1) is 23.1 Å². The van der Waals surface area contributed by atoms with Gasteiger partial charge in [-0.1, -0.05) is 55.7 Å². The summed E-state index contributed by atoms with van der Waals surface area (Å²) in [4.78, 5) is 0. The van der Waals surface area contributed by atoms with E-state index in [2.05, 4.69) is 32.1 Å². The van der Waals surface area contributed by atoms with Crippen molar-refractivity contribution in [2.75, 3.05) is 0 Å². The van der Waals surface area contributed by atoms with E-state index >= 15 is 0 Å². The van der Waals surface area contributed by atoms with E-state index in [1.807, 2.05) is 19.9 Å². The Morgan fingerprint density at radius 1 is 1.37 bits per heavy atom. The Bertz CT molecular complexity index is 865. The van der Waals surface area contributed by atoms with Gasteiger partial charge in [0.1, 0.15) is 5.82 Å². The predicted molar refractivity (Wildman–Crippen MR) is 113 cm³/mol. The summed E-state index contributed by atoms with van der Waals surface area (Å²) in [6.07, 6.45) is 10.3. The summed E-state index contributed by atoms with van der Waals surface area (Å²) in [5, 5.41) is 9.54. The zero-order valence-corrected chi connectivity index (χ0v) is 17.3. The topological polar surface area (TPSA) is 23.8 Å². The molecule has 1 atom stereocenters. The lowest BCUT2D eigenvalue weighted by Gasteiger charge is -2.18. The van der Waals surface area contributed by atoms with Gasteiger partial charge in [0.25, 0.3) is 0 Å². The Balaban J connectivity index is 2.52. The quantitative estimate of drug-likeness (QED) is 0.459. The minimum Gasteiger partial charge on any atom is -0.205 e. The molecule has 1 aliphatic rings. The van der Waals surface area contributed by atoms with Gasteiger partial charge < -0.3 is 0 Å². The van der Waals surface area contributed by atoms with Crippen LogP contribution in [-0.2, 0) is 0 Å². The molecule has 2 rings (SSSR count). The van der Waals surface area contributed by atoms with Crippen molar-refractivity contribution in [3.8, 4) is 6.07 Å².